The smallest absolute Gasteiger partial charge is 0.0696 e. The van der Waals surface area contributed by atoms with Gasteiger partial charge in [-0.3, -0.25) is 0 Å². The van der Waals surface area contributed by atoms with Gasteiger partial charge in [-0.2, -0.15) is 5.26 Å². The first-order valence-corrected chi connectivity index (χ1v) is 6.42. The van der Waals surface area contributed by atoms with Crippen LogP contribution in [0.25, 0.3) is 0 Å². The van der Waals surface area contributed by atoms with E-state index in [1.807, 2.05) is 0 Å². The Bertz CT molecular complexity index is 420. The predicted molar refractivity (Wildman–Crippen MR) is 70.6 cm³/mol. The van der Waals surface area contributed by atoms with Crippen molar-refractivity contribution in [3.63, 3.8) is 0 Å². The van der Waals surface area contributed by atoms with Gasteiger partial charge in [0.1, 0.15) is 0 Å². The van der Waals surface area contributed by atoms with Crippen LogP contribution in [0.2, 0.25) is 0 Å². The molecule has 0 aromatic heterocycles. The Kier molecular flexibility index (Phi) is 3.00. The van der Waals surface area contributed by atoms with Crippen LogP contribution in [0, 0.1) is 22.2 Å². The molecule has 0 saturated carbocycles. The van der Waals surface area contributed by atoms with E-state index in [9.17, 15) is 5.26 Å². The summed E-state index contributed by atoms with van der Waals surface area (Å²) in [5, 5.41) is 9.54. The zero-order valence-electron chi connectivity index (χ0n) is 11.1. The average molecular weight is 227 g/mol. The molecule has 0 spiro atoms. The van der Waals surface area contributed by atoms with Crippen molar-refractivity contribution in [3.8, 4) is 6.07 Å². The number of hydrogen-bond acceptors (Lipinski definition) is 1. The number of benzene rings is 1. The Morgan fingerprint density at radius 2 is 1.71 bits per heavy atom. The highest BCUT2D eigenvalue weighted by Gasteiger charge is 2.37. The van der Waals surface area contributed by atoms with Gasteiger partial charge < -0.3 is 0 Å². The van der Waals surface area contributed by atoms with Crippen LogP contribution >= 0.6 is 0 Å². The van der Waals surface area contributed by atoms with Gasteiger partial charge in [-0.25, -0.2) is 0 Å². The van der Waals surface area contributed by atoms with Crippen molar-refractivity contribution in [3.05, 3.63) is 35.4 Å². The zero-order chi connectivity index (χ0) is 12.5. The predicted octanol–water partition coefficient (Wildman–Crippen LogP) is 4.12. The Morgan fingerprint density at radius 1 is 1.18 bits per heavy atom. The summed E-state index contributed by atoms with van der Waals surface area (Å²) in [6, 6.07) is 11.1. The normalized spacial score (nSPS) is 17.5. The van der Waals surface area contributed by atoms with E-state index in [2.05, 4.69) is 51.1 Å². The lowest BCUT2D eigenvalue weighted by Gasteiger charge is -2.26. The minimum absolute atomic E-state index is 0.142. The van der Waals surface area contributed by atoms with Crippen LogP contribution in [0.4, 0.5) is 0 Å². The lowest BCUT2D eigenvalue weighted by atomic mass is 9.76. The summed E-state index contributed by atoms with van der Waals surface area (Å²) in [5.41, 5.74) is 2.93. The lowest BCUT2D eigenvalue weighted by Crippen LogP contribution is -2.21. The van der Waals surface area contributed by atoms with Gasteiger partial charge in [0, 0.05) is 0 Å². The molecule has 0 unspecified atom stereocenters. The monoisotopic (exact) mass is 227 g/mol. The van der Waals surface area contributed by atoms with E-state index in [1.165, 1.54) is 11.1 Å². The van der Waals surface area contributed by atoms with E-state index in [1.54, 1.807) is 0 Å². The summed E-state index contributed by atoms with van der Waals surface area (Å²) >= 11 is 0. The molecule has 0 fully saturated rings. The van der Waals surface area contributed by atoms with Gasteiger partial charge in [-0.1, -0.05) is 45.0 Å². The molecule has 0 heterocycles. The third kappa shape index (κ3) is 2.69. The fourth-order valence-corrected chi connectivity index (χ4v) is 2.62. The number of nitrogens with zero attached hydrogens (tertiary/aromatic N) is 1. The van der Waals surface area contributed by atoms with Crippen molar-refractivity contribution in [2.75, 3.05) is 0 Å². The molecule has 0 bridgehead atoms. The number of fused-ring (bicyclic) bond motifs is 1. The molecule has 0 radical (unpaired) electrons. The average Bonchev–Trinajstić information content (AvgIpc) is 2.65. The first-order valence-electron chi connectivity index (χ1n) is 6.42. The highest BCUT2D eigenvalue weighted by molar-refractivity contribution is 5.36. The SMILES string of the molecule is CC(C)(C)CCC1(C#N)Cc2ccccc2C1. The standard InChI is InChI=1S/C16H21N/c1-15(2,3)8-9-16(12-17)10-13-6-4-5-7-14(13)11-16/h4-7H,8-11H2,1-3H3. The maximum Gasteiger partial charge on any atom is 0.0696 e. The summed E-state index contributed by atoms with van der Waals surface area (Å²) in [6.07, 6.45) is 4.02. The molecule has 90 valence electrons. The maximum atomic E-state index is 9.54. The molecule has 1 aromatic rings. The number of hydrogen-bond donors (Lipinski definition) is 0. The van der Waals surface area contributed by atoms with Gasteiger partial charge in [0.2, 0.25) is 0 Å². The van der Waals surface area contributed by atoms with E-state index in [4.69, 9.17) is 0 Å². The quantitative estimate of drug-likeness (QED) is 0.745. The Morgan fingerprint density at radius 3 is 2.12 bits per heavy atom. The molecule has 0 amide bonds. The second kappa shape index (κ2) is 4.18. The van der Waals surface area contributed by atoms with E-state index >= 15 is 0 Å². The van der Waals surface area contributed by atoms with Crippen molar-refractivity contribution in [2.24, 2.45) is 10.8 Å². The van der Waals surface area contributed by atoms with Crippen LogP contribution in [-0.2, 0) is 12.8 Å². The third-order valence-electron chi connectivity index (χ3n) is 3.77. The minimum atomic E-state index is -0.142. The van der Waals surface area contributed by atoms with Crippen molar-refractivity contribution in [1.82, 2.24) is 0 Å². The van der Waals surface area contributed by atoms with Crippen molar-refractivity contribution >= 4 is 0 Å². The molecule has 1 nitrogen and oxygen atoms in total. The largest absolute Gasteiger partial charge is 0.198 e. The molecule has 0 atom stereocenters. The topological polar surface area (TPSA) is 23.8 Å². The first kappa shape index (κ1) is 12.2. The Balaban J connectivity index is 2.13. The molecule has 17 heavy (non-hydrogen) atoms. The van der Waals surface area contributed by atoms with Gasteiger partial charge in [0.05, 0.1) is 11.5 Å². The fourth-order valence-electron chi connectivity index (χ4n) is 2.62. The van der Waals surface area contributed by atoms with E-state index < -0.39 is 0 Å². The number of rotatable bonds is 2. The highest BCUT2D eigenvalue weighted by Crippen LogP contribution is 2.42. The summed E-state index contributed by atoms with van der Waals surface area (Å²) in [5.74, 6) is 0. The molecule has 1 aliphatic carbocycles. The maximum absolute atomic E-state index is 9.54. The van der Waals surface area contributed by atoms with Crippen LogP contribution in [0.3, 0.4) is 0 Å². The minimum Gasteiger partial charge on any atom is -0.198 e. The molecule has 1 heteroatoms. The summed E-state index contributed by atoms with van der Waals surface area (Å²) in [7, 11) is 0. The third-order valence-corrected chi connectivity index (χ3v) is 3.77. The summed E-state index contributed by atoms with van der Waals surface area (Å²) in [4.78, 5) is 0. The van der Waals surface area contributed by atoms with Gasteiger partial charge in [-0.05, 0) is 42.2 Å². The van der Waals surface area contributed by atoms with Crippen LogP contribution < -0.4 is 0 Å². The molecular weight excluding hydrogens is 206 g/mol. The van der Waals surface area contributed by atoms with Crippen molar-refractivity contribution in [2.45, 2.75) is 46.5 Å². The molecule has 0 aliphatic heterocycles. The van der Waals surface area contributed by atoms with Gasteiger partial charge in [-0.15, -0.1) is 0 Å². The van der Waals surface area contributed by atoms with Crippen LogP contribution in [0.15, 0.2) is 24.3 Å². The fraction of sp³-hybridized carbons (Fsp3) is 0.562. The number of nitriles is 1. The highest BCUT2D eigenvalue weighted by atomic mass is 14.4. The molecule has 1 aromatic carbocycles. The Labute approximate surface area is 104 Å². The summed E-state index contributed by atoms with van der Waals surface area (Å²) in [6.45, 7) is 6.75. The van der Waals surface area contributed by atoms with E-state index in [0.717, 1.165) is 25.7 Å². The zero-order valence-corrected chi connectivity index (χ0v) is 11.1. The van der Waals surface area contributed by atoms with Gasteiger partial charge in [0.25, 0.3) is 0 Å². The second-order valence-corrected chi connectivity index (χ2v) is 6.58. The van der Waals surface area contributed by atoms with Crippen LogP contribution in [0.5, 0.6) is 0 Å². The van der Waals surface area contributed by atoms with E-state index in [-0.39, 0.29) is 5.41 Å². The van der Waals surface area contributed by atoms with Crippen LogP contribution in [-0.4, -0.2) is 0 Å². The van der Waals surface area contributed by atoms with Gasteiger partial charge >= 0.3 is 0 Å². The second-order valence-electron chi connectivity index (χ2n) is 6.58. The Hall–Kier alpha value is -1.29. The summed E-state index contributed by atoms with van der Waals surface area (Å²) < 4.78 is 0. The van der Waals surface area contributed by atoms with Crippen LogP contribution in [0.1, 0.15) is 44.7 Å². The molecule has 0 saturated heterocycles. The van der Waals surface area contributed by atoms with Crippen molar-refractivity contribution in [1.29, 1.82) is 5.26 Å². The molecule has 0 N–H and O–H groups in total. The van der Waals surface area contributed by atoms with Gasteiger partial charge in [0.15, 0.2) is 0 Å². The molecule has 1 aliphatic rings. The van der Waals surface area contributed by atoms with E-state index in [0.29, 0.717) is 5.41 Å². The molecule has 2 rings (SSSR count). The van der Waals surface area contributed by atoms with Crippen molar-refractivity contribution < 1.29 is 0 Å². The first-order chi connectivity index (χ1) is 7.94. The lowest BCUT2D eigenvalue weighted by molar-refractivity contribution is 0.281. The molecular formula is C16H21N.